The Balaban J connectivity index is 2.30. The SMILES string of the molecule is CC(F)C(=O)OC1CCC(=O)CC1. The molecule has 4 heteroatoms. The van der Waals surface area contributed by atoms with Crippen LogP contribution in [0.2, 0.25) is 0 Å². The number of carbonyl (C=O) groups excluding carboxylic acids is 2. The lowest BCUT2D eigenvalue weighted by Gasteiger charge is -2.21. The fraction of sp³-hybridized carbons (Fsp3) is 0.778. The molecule has 74 valence electrons. The number of carbonyl (C=O) groups is 2. The molecule has 0 spiro atoms. The summed E-state index contributed by atoms with van der Waals surface area (Å²) in [6.45, 7) is 1.15. The van der Waals surface area contributed by atoms with Crippen molar-refractivity contribution in [3.05, 3.63) is 0 Å². The van der Waals surface area contributed by atoms with E-state index < -0.39 is 12.1 Å². The van der Waals surface area contributed by atoms with Gasteiger partial charge in [-0.3, -0.25) is 4.79 Å². The molecule has 0 aromatic heterocycles. The lowest BCUT2D eigenvalue weighted by atomic mass is 9.96. The van der Waals surface area contributed by atoms with Gasteiger partial charge in [-0.15, -0.1) is 0 Å². The summed E-state index contributed by atoms with van der Waals surface area (Å²) >= 11 is 0. The molecule has 1 rings (SSSR count). The van der Waals surface area contributed by atoms with Gasteiger partial charge >= 0.3 is 5.97 Å². The minimum absolute atomic E-state index is 0.195. The topological polar surface area (TPSA) is 43.4 Å². The van der Waals surface area contributed by atoms with Crippen LogP contribution >= 0.6 is 0 Å². The Hall–Kier alpha value is -0.930. The standard InChI is InChI=1S/C9H13FO3/c1-6(10)9(12)13-8-4-2-7(11)3-5-8/h6,8H,2-5H2,1H3. The Labute approximate surface area is 76.3 Å². The van der Waals surface area contributed by atoms with Gasteiger partial charge in [0.25, 0.3) is 0 Å². The van der Waals surface area contributed by atoms with Crippen molar-refractivity contribution < 1.29 is 18.7 Å². The van der Waals surface area contributed by atoms with E-state index in [4.69, 9.17) is 4.74 Å². The molecule has 0 amide bonds. The van der Waals surface area contributed by atoms with Crippen molar-refractivity contribution in [3.63, 3.8) is 0 Å². The Morgan fingerprint density at radius 1 is 1.54 bits per heavy atom. The number of esters is 1. The van der Waals surface area contributed by atoms with Crippen molar-refractivity contribution in [2.45, 2.75) is 44.9 Å². The highest BCUT2D eigenvalue weighted by Gasteiger charge is 2.23. The van der Waals surface area contributed by atoms with Crippen LogP contribution in [0.15, 0.2) is 0 Å². The van der Waals surface area contributed by atoms with Crippen LogP contribution in [0.25, 0.3) is 0 Å². The number of ether oxygens (including phenoxy) is 1. The maximum absolute atomic E-state index is 12.4. The second-order valence-electron chi connectivity index (χ2n) is 3.29. The van der Waals surface area contributed by atoms with Crippen LogP contribution < -0.4 is 0 Å². The molecule has 0 saturated heterocycles. The van der Waals surface area contributed by atoms with Gasteiger partial charge in [0.15, 0.2) is 6.17 Å². The van der Waals surface area contributed by atoms with Crippen molar-refractivity contribution >= 4 is 11.8 Å². The van der Waals surface area contributed by atoms with Gasteiger partial charge in [-0.05, 0) is 19.8 Å². The monoisotopic (exact) mass is 188 g/mol. The average Bonchev–Trinajstić information content (AvgIpc) is 2.08. The zero-order chi connectivity index (χ0) is 9.84. The number of halogens is 1. The number of Topliss-reactive ketones (excluding diaryl/α,β-unsaturated/α-hetero) is 1. The lowest BCUT2D eigenvalue weighted by Crippen LogP contribution is -2.27. The predicted molar refractivity (Wildman–Crippen MR) is 43.9 cm³/mol. The van der Waals surface area contributed by atoms with E-state index in [9.17, 15) is 14.0 Å². The van der Waals surface area contributed by atoms with E-state index in [0.717, 1.165) is 6.92 Å². The molecule has 0 bridgehead atoms. The van der Waals surface area contributed by atoms with Crippen molar-refractivity contribution in [1.29, 1.82) is 0 Å². The molecule has 1 aliphatic carbocycles. The first-order valence-corrected chi connectivity index (χ1v) is 4.46. The van der Waals surface area contributed by atoms with Crippen molar-refractivity contribution in [3.8, 4) is 0 Å². The van der Waals surface area contributed by atoms with E-state index in [2.05, 4.69) is 0 Å². The van der Waals surface area contributed by atoms with E-state index in [1.165, 1.54) is 0 Å². The van der Waals surface area contributed by atoms with E-state index in [0.29, 0.717) is 25.7 Å². The maximum Gasteiger partial charge on any atom is 0.340 e. The van der Waals surface area contributed by atoms with Gasteiger partial charge in [-0.25, -0.2) is 9.18 Å². The molecule has 0 aromatic carbocycles. The Bertz CT molecular complexity index is 203. The van der Waals surface area contributed by atoms with Crippen LogP contribution in [0.1, 0.15) is 32.6 Å². The van der Waals surface area contributed by atoms with E-state index in [1.54, 1.807) is 0 Å². The Kier molecular flexibility index (Phi) is 3.39. The molecule has 13 heavy (non-hydrogen) atoms. The summed E-state index contributed by atoms with van der Waals surface area (Å²) in [5, 5.41) is 0. The fourth-order valence-corrected chi connectivity index (χ4v) is 1.29. The molecular weight excluding hydrogens is 175 g/mol. The van der Waals surface area contributed by atoms with Crippen molar-refractivity contribution in [1.82, 2.24) is 0 Å². The molecule has 1 aliphatic rings. The molecule has 0 aliphatic heterocycles. The van der Waals surface area contributed by atoms with Crippen LogP contribution in [0.5, 0.6) is 0 Å². The quantitative estimate of drug-likeness (QED) is 0.615. The van der Waals surface area contributed by atoms with Gasteiger partial charge in [-0.1, -0.05) is 0 Å². The molecule has 1 saturated carbocycles. The zero-order valence-corrected chi connectivity index (χ0v) is 7.59. The fourth-order valence-electron chi connectivity index (χ4n) is 1.29. The number of ketones is 1. The average molecular weight is 188 g/mol. The van der Waals surface area contributed by atoms with Gasteiger partial charge < -0.3 is 4.74 Å². The van der Waals surface area contributed by atoms with Gasteiger partial charge in [0.05, 0.1) is 0 Å². The van der Waals surface area contributed by atoms with Gasteiger partial charge in [0.1, 0.15) is 11.9 Å². The van der Waals surface area contributed by atoms with E-state index in [-0.39, 0.29) is 11.9 Å². The minimum atomic E-state index is -1.57. The Morgan fingerprint density at radius 2 is 2.08 bits per heavy atom. The highest BCUT2D eigenvalue weighted by atomic mass is 19.1. The van der Waals surface area contributed by atoms with Crippen LogP contribution in [-0.2, 0) is 14.3 Å². The number of hydrogen-bond acceptors (Lipinski definition) is 3. The molecule has 1 fully saturated rings. The first-order chi connectivity index (χ1) is 6.09. The number of rotatable bonds is 2. The maximum atomic E-state index is 12.4. The second kappa shape index (κ2) is 4.35. The van der Waals surface area contributed by atoms with Crippen molar-refractivity contribution in [2.24, 2.45) is 0 Å². The highest BCUT2D eigenvalue weighted by Crippen LogP contribution is 2.18. The third-order valence-electron chi connectivity index (χ3n) is 2.10. The summed E-state index contributed by atoms with van der Waals surface area (Å²) < 4.78 is 17.2. The summed E-state index contributed by atoms with van der Waals surface area (Å²) in [6.07, 6.45) is 0.132. The lowest BCUT2D eigenvalue weighted by molar-refractivity contribution is -0.156. The van der Waals surface area contributed by atoms with Crippen LogP contribution in [0, 0.1) is 0 Å². The van der Waals surface area contributed by atoms with Crippen molar-refractivity contribution in [2.75, 3.05) is 0 Å². The van der Waals surface area contributed by atoms with E-state index in [1.807, 2.05) is 0 Å². The first kappa shape index (κ1) is 10.2. The number of alkyl halides is 1. The molecule has 0 heterocycles. The van der Waals surface area contributed by atoms with Crippen LogP contribution in [0.4, 0.5) is 4.39 Å². The molecule has 1 atom stereocenters. The molecule has 0 radical (unpaired) electrons. The highest BCUT2D eigenvalue weighted by molar-refractivity contribution is 5.79. The molecular formula is C9H13FO3. The minimum Gasteiger partial charge on any atom is -0.460 e. The molecule has 0 aromatic rings. The predicted octanol–water partition coefficient (Wildman–Crippen LogP) is 1.40. The van der Waals surface area contributed by atoms with Gasteiger partial charge in [0.2, 0.25) is 0 Å². The summed E-state index contributed by atoms with van der Waals surface area (Å²) in [7, 11) is 0. The third kappa shape index (κ3) is 3.13. The molecule has 3 nitrogen and oxygen atoms in total. The normalized spacial score (nSPS) is 21.2. The number of hydrogen-bond donors (Lipinski definition) is 0. The zero-order valence-electron chi connectivity index (χ0n) is 7.59. The summed E-state index contributed by atoms with van der Waals surface area (Å²) in [6, 6.07) is 0. The van der Waals surface area contributed by atoms with Crippen LogP contribution in [0.3, 0.4) is 0 Å². The molecule has 1 unspecified atom stereocenters. The first-order valence-electron chi connectivity index (χ1n) is 4.46. The Morgan fingerprint density at radius 3 is 2.54 bits per heavy atom. The summed E-state index contributed by atoms with van der Waals surface area (Å²) in [5.41, 5.74) is 0. The second-order valence-corrected chi connectivity index (χ2v) is 3.29. The van der Waals surface area contributed by atoms with Gasteiger partial charge in [-0.2, -0.15) is 0 Å². The molecule has 0 N–H and O–H groups in total. The largest absolute Gasteiger partial charge is 0.460 e. The third-order valence-corrected chi connectivity index (χ3v) is 2.10. The smallest absolute Gasteiger partial charge is 0.340 e. The summed E-state index contributed by atoms with van der Waals surface area (Å²) in [4.78, 5) is 21.6. The van der Waals surface area contributed by atoms with Gasteiger partial charge in [0, 0.05) is 12.8 Å². The summed E-state index contributed by atoms with van der Waals surface area (Å²) in [5.74, 6) is -0.625. The van der Waals surface area contributed by atoms with E-state index >= 15 is 0 Å². The van der Waals surface area contributed by atoms with Crippen LogP contribution in [-0.4, -0.2) is 24.0 Å².